The minimum atomic E-state index is 0.0945. The molecule has 0 spiro atoms. The largest absolute Gasteiger partial charge is 0.336 e. The SMILES string of the molecule is C=CCN1CCN(C(=O)c2cccc(-c3nn(C)c4cccc(C)c34)c2)CC1. The van der Waals surface area contributed by atoms with E-state index in [-0.39, 0.29) is 5.91 Å². The first-order valence-electron chi connectivity index (χ1n) is 9.74. The Morgan fingerprint density at radius 3 is 2.64 bits per heavy atom. The van der Waals surface area contributed by atoms with Crippen molar-refractivity contribution in [2.24, 2.45) is 7.05 Å². The summed E-state index contributed by atoms with van der Waals surface area (Å²) in [4.78, 5) is 17.3. The molecular formula is C23H26N4O. The lowest BCUT2D eigenvalue weighted by molar-refractivity contribution is 0.0650. The zero-order chi connectivity index (χ0) is 19.7. The minimum Gasteiger partial charge on any atom is -0.336 e. The Kier molecular flexibility index (Phi) is 5.01. The highest BCUT2D eigenvalue weighted by Crippen LogP contribution is 2.30. The zero-order valence-corrected chi connectivity index (χ0v) is 16.6. The molecule has 28 heavy (non-hydrogen) atoms. The number of aryl methyl sites for hydroxylation is 2. The van der Waals surface area contributed by atoms with Crippen molar-refractivity contribution in [2.75, 3.05) is 32.7 Å². The van der Waals surface area contributed by atoms with Crippen LogP contribution in [-0.4, -0.2) is 58.2 Å². The van der Waals surface area contributed by atoms with Crippen LogP contribution in [0.4, 0.5) is 0 Å². The molecule has 0 saturated carbocycles. The van der Waals surface area contributed by atoms with Crippen molar-refractivity contribution in [3.8, 4) is 11.3 Å². The van der Waals surface area contributed by atoms with E-state index in [2.05, 4.69) is 36.6 Å². The van der Waals surface area contributed by atoms with Crippen LogP contribution in [0.3, 0.4) is 0 Å². The monoisotopic (exact) mass is 374 g/mol. The molecule has 5 nitrogen and oxygen atoms in total. The van der Waals surface area contributed by atoms with E-state index >= 15 is 0 Å². The van der Waals surface area contributed by atoms with Crippen molar-refractivity contribution in [3.05, 3.63) is 66.2 Å². The highest BCUT2D eigenvalue weighted by Gasteiger charge is 2.22. The Balaban J connectivity index is 1.63. The van der Waals surface area contributed by atoms with Crippen LogP contribution in [0.2, 0.25) is 0 Å². The number of fused-ring (bicyclic) bond motifs is 1. The number of rotatable bonds is 4. The number of piperazine rings is 1. The maximum atomic E-state index is 13.0. The van der Waals surface area contributed by atoms with Crippen LogP contribution >= 0.6 is 0 Å². The summed E-state index contributed by atoms with van der Waals surface area (Å²) in [6.07, 6.45) is 1.92. The molecule has 0 bridgehead atoms. The number of benzene rings is 2. The third-order valence-electron chi connectivity index (χ3n) is 5.52. The van der Waals surface area contributed by atoms with Gasteiger partial charge in [-0.2, -0.15) is 5.10 Å². The Morgan fingerprint density at radius 2 is 1.89 bits per heavy atom. The zero-order valence-electron chi connectivity index (χ0n) is 16.6. The molecule has 144 valence electrons. The van der Waals surface area contributed by atoms with Gasteiger partial charge in [0.1, 0.15) is 5.69 Å². The summed E-state index contributed by atoms with van der Waals surface area (Å²) in [5.74, 6) is 0.0945. The first-order chi connectivity index (χ1) is 13.6. The van der Waals surface area contributed by atoms with Gasteiger partial charge in [-0.25, -0.2) is 0 Å². The third-order valence-corrected chi connectivity index (χ3v) is 5.52. The van der Waals surface area contributed by atoms with Gasteiger partial charge in [0, 0.05) is 56.3 Å². The number of nitrogens with zero attached hydrogens (tertiary/aromatic N) is 4. The summed E-state index contributed by atoms with van der Waals surface area (Å²) in [6.45, 7) is 10.1. The van der Waals surface area contributed by atoms with Gasteiger partial charge >= 0.3 is 0 Å². The van der Waals surface area contributed by atoms with Gasteiger partial charge in [-0.05, 0) is 30.7 Å². The summed E-state index contributed by atoms with van der Waals surface area (Å²) >= 11 is 0. The van der Waals surface area contributed by atoms with E-state index in [0.717, 1.165) is 60.4 Å². The third kappa shape index (κ3) is 3.34. The number of hydrogen-bond acceptors (Lipinski definition) is 3. The summed E-state index contributed by atoms with van der Waals surface area (Å²) in [5, 5.41) is 5.89. The molecule has 1 amide bonds. The fourth-order valence-corrected chi connectivity index (χ4v) is 3.98. The highest BCUT2D eigenvalue weighted by molar-refractivity contribution is 5.99. The Labute approximate surface area is 165 Å². The normalized spacial score (nSPS) is 15.1. The smallest absolute Gasteiger partial charge is 0.253 e. The molecule has 0 aliphatic carbocycles. The van der Waals surface area contributed by atoms with Crippen molar-refractivity contribution in [1.29, 1.82) is 0 Å². The van der Waals surface area contributed by atoms with Crippen LogP contribution < -0.4 is 0 Å². The molecule has 5 heteroatoms. The number of hydrogen-bond donors (Lipinski definition) is 0. The van der Waals surface area contributed by atoms with Gasteiger partial charge in [0.05, 0.1) is 5.52 Å². The first kappa shape index (κ1) is 18.4. The molecule has 0 atom stereocenters. The molecule has 1 aliphatic heterocycles. The van der Waals surface area contributed by atoms with Crippen molar-refractivity contribution >= 4 is 16.8 Å². The summed E-state index contributed by atoms with van der Waals surface area (Å²) in [7, 11) is 1.96. The van der Waals surface area contributed by atoms with Crippen LogP contribution in [0.1, 0.15) is 15.9 Å². The Bertz CT molecular complexity index is 1030. The van der Waals surface area contributed by atoms with E-state index in [9.17, 15) is 4.79 Å². The van der Waals surface area contributed by atoms with Gasteiger partial charge in [-0.3, -0.25) is 14.4 Å². The summed E-state index contributed by atoms with van der Waals surface area (Å²) < 4.78 is 1.91. The number of amides is 1. The van der Waals surface area contributed by atoms with Crippen LogP contribution in [0.25, 0.3) is 22.2 Å². The second-order valence-electron chi connectivity index (χ2n) is 7.40. The molecule has 2 aromatic carbocycles. The summed E-state index contributed by atoms with van der Waals surface area (Å²) in [6, 6.07) is 14.1. The average molecular weight is 374 g/mol. The predicted molar refractivity (Wildman–Crippen MR) is 113 cm³/mol. The number of aromatic nitrogens is 2. The lowest BCUT2D eigenvalue weighted by Crippen LogP contribution is -2.48. The Hall–Kier alpha value is -2.92. The van der Waals surface area contributed by atoms with Gasteiger partial charge in [-0.1, -0.05) is 30.3 Å². The lowest BCUT2D eigenvalue weighted by Gasteiger charge is -2.34. The van der Waals surface area contributed by atoms with Gasteiger partial charge in [-0.15, -0.1) is 6.58 Å². The van der Waals surface area contributed by atoms with E-state index in [4.69, 9.17) is 5.10 Å². The molecule has 0 unspecified atom stereocenters. The fourth-order valence-electron chi connectivity index (χ4n) is 3.98. The van der Waals surface area contributed by atoms with Crippen molar-refractivity contribution < 1.29 is 4.79 Å². The topological polar surface area (TPSA) is 41.4 Å². The highest BCUT2D eigenvalue weighted by atomic mass is 16.2. The molecule has 0 N–H and O–H groups in total. The molecule has 0 radical (unpaired) electrons. The second kappa shape index (κ2) is 7.60. The van der Waals surface area contributed by atoms with E-state index in [1.54, 1.807) is 0 Å². The van der Waals surface area contributed by atoms with Crippen molar-refractivity contribution in [2.45, 2.75) is 6.92 Å². The van der Waals surface area contributed by atoms with Gasteiger partial charge < -0.3 is 4.90 Å². The van der Waals surface area contributed by atoms with E-state index in [1.165, 1.54) is 5.56 Å². The van der Waals surface area contributed by atoms with Crippen LogP contribution in [0.5, 0.6) is 0 Å². The number of carbonyl (C=O) groups excluding carboxylic acids is 1. The maximum Gasteiger partial charge on any atom is 0.253 e. The molecule has 1 aromatic heterocycles. The molecule has 1 saturated heterocycles. The van der Waals surface area contributed by atoms with Gasteiger partial charge in [0.25, 0.3) is 5.91 Å². The molecule has 3 aromatic rings. The number of carbonyl (C=O) groups is 1. The van der Waals surface area contributed by atoms with Gasteiger partial charge in [0.15, 0.2) is 0 Å². The van der Waals surface area contributed by atoms with E-state index < -0.39 is 0 Å². The standard InChI is InChI=1S/C23H26N4O/c1-4-11-26-12-14-27(15-13-26)23(28)19-9-6-8-18(16-19)22-21-17(2)7-5-10-20(21)25(3)24-22/h4-10,16H,1,11-15H2,2-3H3. The maximum absolute atomic E-state index is 13.0. The molecule has 1 fully saturated rings. The van der Waals surface area contributed by atoms with Crippen LogP contribution in [-0.2, 0) is 7.05 Å². The van der Waals surface area contributed by atoms with Crippen LogP contribution in [0, 0.1) is 6.92 Å². The first-order valence-corrected chi connectivity index (χ1v) is 9.74. The molecule has 4 rings (SSSR count). The minimum absolute atomic E-state index is 0.0945. The van der Waals surface area contributed by atoms with Crippen LogP contribution in [0.15, 0.2) is 55.1 Å². The average Bonchev–Trinajstić information content (AvgIpc) is 3.06. The Morgan fingerprint density at radius 1 is 1.14 bits per heavy atom. The lowest BCUT2D eigenvalue weighted by atomic mass is 10.0. The molecular weight excluding hydrogens is 348 g/mol. The summed E-state index contributed by atoms with van der Waals surface area (Å²) in [5.41, 5.74) is 4.93. The van der Waals surface area contributed by atoms with Gasteiger partial charge in [0.2, 0.25) is 0 Å². The second-order valence-corrected chi connectivity index (χ2v) is 7.40. The van der Waals surface area contributed by atoms with Crippen molar-refractivity contribution in [3.63, 3.8) is 0 Å². The van der Waals surface area contributed by atoms with E-state index in [1.807, 2.05) is 47.0 Å². The predicted octanol–water partition coefficient (Wildman–Crippen LogP) is 3.49. The molecule has 1 aliphatic rings. The van der Waals surface area contributed by atoms with Crippen molar-refractivity contribution in [1.82, 2.24) is 19.6 Å². The fraction of sp³-hybridized carbons (Fsp3) is 0.304. The quantitative estimate of drug-likeness (QED) is 0.657. The molecule has 2 heterocycles. The van der Waals surface area contributed by atoms with E-state index in [0.29, 0.717) is 0 Å².